The van der Waals surface area contributed by atoms with Crippen molar-refractivity contribution < 1.29 is 0 Å². The van der Waals surface area contributed by atoms with Crippen molar-refractivity contribution in [1.29, 1.82) is 0 Å². The molecule has 0 spiro atoms. The van der Waals surface area contributed by atoms with Crippen molar-refractivity contribution in [1.82, 2.24) is 5.32 Å². The minimum absolute atomic E-state index is 0.863. The lowest BCUT2D eigenvalue weighted by Gasteiger charge is -2.04. The molecule has 0 rings (SSSR count). The average molecular weight is 242 g/mol. The molecule has 0 aliphatic rings. The van der Waals surface area contributed by atoms with E-state index in [0.717, 1.165) is 6.54 Å². The number of hydrogen-bond donors (Lipinski definition) is 2. The van der Waals surface area contributed by atoms with Crippen LogP contribution in [0.4, 0.5) is 0 Å². The van der Waals surface area contributed by atoms with E-state index in [1.165, 1.54) is 83.7 Å². The highest BCUT2D eigenvalue weighted by atomic mass is 14.8. The summed E-state index contributed by atoms with van der Waals surface area (Å²) in [6.45, 7) is 5.56. The number of nitrogens with two attached hydrogens (primary N) is 1. The second-order valence-electron chi connectivity index (χ2n) is 5.07. The predicted octanol–water partition coefficient (Wildman–Crippen LogP) is 3.85. The van der Waals surface area contributed by atoms with Crippen LogP contribution in [0.5, 0.6) is 0 Å². The van der Waals surface area contributed by atoms with Gasteiger partial charge >= 0.3 is 0 Å². The van der Waals surface area contributed by atoms with Gasteiger partial charge in [0.05, 0.1) is 0 Å². The molecule has 2 heteroatoms. The molecule has 0 aliphatic heterocycles. The Bertz CT molecular complexity index is 112. The molecule has 0 aromatic rings. The lowest BCUT2D eigenvalue weighted by molar-refractivity contribution is 0.545. The van der Waals surface area contributed by atoms with Crippen LogP contribution in [0.25, 0.3) is 0 Å². The summed E-state index contributed by atoms with van der Waals surface area (Å²) in [6.07, 6.45) is 14.9. The molecule has 0 fully saturated rings. The third-order valence-corrected chi connectivity index (χ3v) is 3.26. The summed E-state index contributed by atoms with van der Waals surface area (Å²) in [5.41, 5.74) is 5.46. The summed E-state index contributed by atoms with van der Waals surface area (Å²) >= 11 is 0. The Kier molecular flexibility index (Phi) is 15.8. The zero-order valence-electron chi connectivity index (χ0n) is 12.0. The largest absolute Gasteiger partial charge is 0.330 e. The number of unbranched alkanes of at least 4 members (excludes halogenated alkanes) is 9. The van der Waals surface area contributed by atoms with E-state index in [2.05, 4.69) is 12.2 Å². The van der Waals surface area contributed by atoms with Crippen LogP contribution in [0.2, 0.25) is 0 Å². The predicted molar refractivity (Wildman–Crippen MR) is 78.4 cm³/mol. The van der Waals surface area contributed by atoms with E-state index >= 15 is 0 Å². The summed E-state index contributed by atoms with van der Waals surface area (Å²) in [6, 6.07) is 0. The lowest BCUT2D eigenvalue weighted by Crippen LogP contribution is -2.16. The first-order valence-electron chi connectivity index (χ1n) is 7.82. The number of rotatable bonds is 14. The van der Waals surface area contributed by atoms with E-state index in [9.17, 15) is 0 Å². The van der Waals surface area contributed by atoms with Gasteiger partial charge in [0.2, 0.25) is 0 Å². The third-order valence-electron chi connectivity index (χ3n) is 3.26. The van der Waals surface area contributed by atoms with Gasteiger partial charge in [-0.2, -0.15) is 0 Å². The number of nitrogens with one attached hydrogen (secondary N) is 1. The van der Waals surface area contributed by atoms with Gasteiger partial charge in [0, 0.05) is 0 Å². The van der Waals surface area contributed by atoms with E-state index in [0.29, 0.717) is 0 Å². The molecule has 0 bridgehead atoms. The van der Waals surface area contributed by atoms with Crippen LogP contribution >= 0.6 is 0 Å². The van der Waals surface area contributed by atoms with Crippen molar-refractivity contribution in [3.63, 3.8) is 0 Å². The van der Waals surface area contributed by atoms with Crippen LogP contribution in [0.3, 0.4) is 0 Å². The molecule has 0 heterocycles. The van der Waals surface area contributed by atoms with Crippen molar-refractivity contribution in [2.24, 2.45) is 5.73 Å². The van der Waals surface area contributed by atoms with Gasteiger partial charge in [-0.15, -0.1) is 0 Å². The van der Waals surface area contributed by atoms with E-state index in [-0.39, 0.29) is 0 Å². The molecule has 0 atom stereocenters. The maximum atomic E-state index is 5.46. The topological polar surface area (TPSA) is 38.0 Å². The second-order valence-corrected chi connectivity index (χ2v) is 5.07. The van der Waals surface area contributed by atoms with Crippen molar-refractivity contribution in [3.05, 3.63) is 0 Å². The Balaban J connectivity index is 2.85. The molecule has 17 heavy (non-hydrogen) atoms. The fourth-order valence-corrected chi connectivity index (χ4v) is 2.08. The maximum Gasteiger partial charge on any atom is -0.00489 e. The van der Waals surface area contributed by atoms with Gasteiger partial charge in [0.25, 0.3) is 0 Å². The quantitative estimate of drug-likeness (QED) is 0.454. The Morgan fingerprint density at radius 1 is 0.647 bits per heavy atom. The van der Waals surface area contributed by atoms with Gasteiger partial charge in [-0.05, 0) is 38.9 Å². The molecule has 0 amide bonds. The summed E-state index contributed by atoms with van der Waals surface area (Å²) in [5, 5.41) is 3.54. The molecular formula is C15H34N2. The van der Waals surface area contributed by atoms with Gasteiger partial charge in [0.1, 0.15) is 0 Å². The fraction of sp³-hybridized carbons (Fsp3) is 1.00. The van der Waals surface area contributed by atoms with Gasteiger partial charge < -0.3 is 11.1 Å². The van der Waals surface area contributed by atoms with E-state index < -0.39 is 0 Å². The second kappa shape index (κ2) is 15.9. The highest BCUT2D eigenvalue weighted by molar-refractivity contribution is 4.51. The molecule has 3 N–H and O–H groups in total. The number of hydrogen-bond acceptors (Lipinski definition) is 2. The standard InChI is InChI=1S/C15H34N2/c1-2-3-4-11-14-17-15-12-9-7-5-6-8-10-13-16/h17H,2-16H2,1H3. The highest BCUT2D eigenvalue weighted by Gasteiger charge is 1.92. The molecule has 0 aliphatic carbocycles. The molecule has 0 aromatic heterocycles. The highest BCUT2D eigenvalue weighted by Crippen LogP contribution is 2.06. The van der Waals surface area contributed by atoms with Gasteiger partial charge in [0.15, 0.2) is 0 Å². The van der Waals surface area contributed by atoms with Crippen LogP contribution in [0.1, 0.15) is 77.6 Å². The third kappa shape index (κ3) is 15.9. The summed E-state index contributed by atoms with van der Waals surface area (Å²) in [5.74, 6) is 0. The van der Waals surface area contributed by atoms with Crippen molar-refractivity contribution in [2.75, 3.05) is 19.6 Å². The molecule has 0 aromatic carbocycles. The molecule has 2 nitrogen and oxygen atoms in total. The minimum Gasteiger partial charge on any atom is -0.330 e. The van der Waals surface area contributed by atoms with Crippen LogP contribution in [-0.2, 0) is 0 Å². The molecular weight excluding hydrogens is 208 g/mol. The fourth-order valence-electron chi connectivity index (χ4n) is 2.08. The van der Waals surface area contributed by atoms with Gasteiger partial charge in [-0.1, -0.05) is 58.3 Å². The Labute approximate surface area is 109 Å². The van der Waals surface area contributed by atoms with E-state index in [4.69, 9.17) is 5.73 Å². The van der Waals surface area contributed by atoms with Crippen LogP contribution < -0.4 is 11.1 Å². The first kappa shape index (κ1) is 16.9. The van der Waals surface area contributed by atoms with Crippen LogP contribution in [0, 0.1) is 0 Å². The SMILES string of the molecule is CCCCCCNCCCCCCCCCN. The van der Waals surface area contributed by atoms with E-state index in [1.54, 1.807) is 0 Å². The lowest BCUT2D eigenvalue weighted by atomic mass is 10.1. The Morgan fingerprint density at radius 3 is 1.65 bits per heavy atom. The van der Waals surface area contributed by atoms with Gasteiger partial charge in [-0.25, -0.2) is 0 Å². The molecule has 104 valence electrons. The first-order chi connectivity index (χ1) is 8.41. The zero-order chi connectivity index (χ0) is 12.6. The van der Waals surface area contributed by atoms with Crippen molar-refractivity contribution >= 4 is 0 Å². The molecule has 0 radical (unpaired) electrons. The Morgan fingerprint density at radius 2 is 1.12 bits per heavy atom. The molecule has 0 saturated carbocycles. The smallest absolute Gasteiger partial charge is 0.00489 e. The molecule has 0 saturated heterocycles. The average Bonchev–Trinajstić information content (AvgIpc) is 2.35. The summed E-state index contributed by atoms with van der Waals surface area (Å²) in [7, 11) is 0. The zero-order valence-corrected chi connectivity index (χ0v) is 12.0. The summed E-state index contributed by atoms with van der Waals surface area (Å²) < 4.78 is 0. The van der Waals surface area contributed by atoms with Gasteiger partial charge in [-0.3, -0.25) is 0 Å². The monoisotopic (exact) mass is 242 g/mol. The van der Waals surface area contributed by atoms with Crippen LogP contribution in [-0.4, -0.2) is 19.6 Å². The van der Waals surface area contributed by atoms with Crippen molar-refractivity contribution in [3.8, 4) is 0 Å². The molecule has 0 unspecified atom stereocenters. The maximum absolute atomic E-state index is 5.46. The normalized spacial score (nSPS) is 10.9. The summed E-state index contributed by atoms with van der Waals surface area (Å²) in [4.78, 5) is 0. The first-order valence-corrected chi connectivity index (χ1v) is 7.82. The van der Waals surface area contributed by atoms with Crippen LogP contribution in [0.15, 0.2) is 0 Å². The Hall–Kier alpha value is -0.0800. The van der Waals surface area contributed by atoms with Crippen molar-refractivity contribution in [2.45, 2.75) is 77.6 Å². The van der Waals surface area contributed by atoms with E-state index in [1.807, 2.05) is 0 Å². The minimum atomic E-state index is 0.863.